The van der Waals surface area contributed by atoms with E-state index in [4.69, 9.17) is 29.9 Å². The van der Waals surface area contributed by atoms with Crippen molar-refractivity contribution in [2.24, 2.45) is 5.73 Å². The highest BCUT2D eigenvalue weighted by Crippen LogP contribution is 2.44. The minimum Gasteiger partial charge on any atom is -0.478 e. The van der Waals surface area contributed by atoms with E-state index >= 15 is 0 Å². The number of thiazole rings is 2. The van der Waals surface area contributed by atoms with Crippen LogP contribution in [0.2, 0.25) is 0 Å². The van der Waals surface area contributed by atoms with Gasteiger partial charge < -0.3 is 25.2 Å². The Morgan fingerprint density at radius 2 is 1.06 bits per heavy atom. The molecule has 65 heavy (non-hydrogen) atoms. The number of nitrogens with one attached hydrogen (secondary N) is 1. The number of nitrogens with zero attached hydrogens (tertiary/aromatic N) is 6. The number of nitrogens with two attached hydrogens (primary N) is 1. The van der Waals surface area contributed by atoms with Crippen LogP contribution >= 0.6 is 22.7 Å². The summed E-state index contributed by atoms with van der Waals surface area (Å²) < 4.78 is 9.87. The maximum atomic E-state index is 13.0. The fraction of sp³-hybridized carbons (Fsp3) is 0.280. The first-order chi connectivity index (χ1) is 31.6. The predicted molar refractivity (Wildman–Crippen MR) is 253 cm³/mol. The SMILES string of the molecule is Cc1nc(-c2cccc(C(=O)NCC3(c4nc(-c5ccccc5)cs4)CCCC3)c2)no1.Cc1nc(-c2cccc(C(=O)O)c2)no1.NCC1(c2nc(-c3ccccc3)cs2)CCCC1. The van der Waals surface area contributed by atoms with Crippen LogP contribution in [0.5, 0.6) is 0 Å². The summed E-state index contributed by atoms with van der Waals surface area (Å²) in [5.41, 5.74) is 12.7. The van der Waals surface area contributed by atoms with Crippen LogP contribution in [0.15, 0.2) is 129 Å². The molecule has 332 valence electrons. The number of carbonyl (C=O) groups is 2. The van der Waals surface area contributed by atoms with Crippen LogP contribution < -0.4 is 11.1 Å². The van der Waals surface area contributed by atoms with Crippen LogP contribution in [0.1, 0.15) is 93.9 Å². The van der Waals surface area contributed by atoms with Crippen LogP contribution in [-0.2, 0) is 10.8 Å². The summed E-state index contributed by atoms with van der Waals surface area (Å²) in [5, 5.41) is 26.3. The Bertz CT molecular complexity index is 2820. The molecule has 4 heterocycles. The molecule has 10 rings (SSSR count). The number of benzene rings is 4. The van der Waals surface area contributed by atoms with Gasteiger partial charge >= 0.3 is 5.97 Å². The highest BCUT2D eigenvalue weighted by atomic mass is 32.1. The summed E-state index contributed by atoms with van der Waals surface area (Å²) >= 11 is 3.47. The number of carboxylic acid groups (broad SMARTS) is 1. The summed E-state index contributed by atoms with van der Waals surface area (Å²) in [6, 6.07) is 34.3. The van der Waals surface area contributed by atoms with E-state index in [1.807, 2.05) is 42.5 Å². The molecule has 2 fully saturated rings. The molecule has 4 aromatic carbocycles. The highest BCUT2D eigenvalue weighted by Gasteiger charge is 2.39. The van der Waals surface area contributed by atoms with E-state index < -0.39 is 5.97 Å². The van der Waals surface area contributed by atoms with Crippen LogP contribution in [0, 0.1) is 13.8 Å². The standard InChI is InChI=1S/C25H24N4O2S.C15H18N2S.C10H8N2O3/c1-17-27-22(29-31-17)19-10-7-11-20(14-19)23(30)26-16-25(12-5-6-13-25)24-28-21(15-32-24)18-8-3-2-4-9-18;16-11-15(8-4-5-9-15)14-17-13(10-18-14)12-6-2-1-3-7-12;1-6-11-9(12-15-6)7-3-2-4-8(5-7)10(13)14/h2-4,7-11,14-15H,5-6,12-13,16H2,1H3,(H,26,30);1-3,6-7,10H,4-5,8-9,11,16H2;2-5H,1H3,(H,13,14). The molecule has 13 nitrogen and oxygen atoms in total. The van der Waals surface area contributed by atoms with Gasteiger partial charge in [-0.25, -0.2) is 14.8 Å². The first-order valence-electron chi connectivity index (χ1n) is 21.7. The van der Waals surface area contributed by atoms with E-state index in [-0.39, 0.29) is 22.3 Å². The van der Waals surface area contributed by atoms with Crippen molar-refractivity contribution in [3.63, 3.8) is 0 Å². The van der Waals surface area contributed by atoms with Crippen LogP contribution in [-0.4, -0.2) is 60.3 Å². The van der Waals surface area contributed by atoms with E-state index in [1.165, 1.54) is 48.4 Å². The molecule has 15 heteroatoms. The smallest absolute Gasteiger partial charge is 0.335 e. The highest BCUT2D eigenvalue weighted by molar-refractivity contribution is 7.10. The third kappa shape index (κ3) is 10.7. The molecule has 0 bridgehead atoms. The maximum Gasteiger partial charge on any atom is 0.335 e. The molecule has 2 aliphatic rings. The number of rotatable bonds is 11. The average Bonchev–Trinajstić information content (AvgIpc) is 4.22. The van der Waals surface area contributed by atoms with E-state index in [0.29, 0.717) is 41.1 Å². The van der Waals surface area contributed by atoms with Crippen molar-refractivity contribution in [2.75, 3.05) is 13.1 Å². The molecule has 0 atom stereocenters. The molecular formula is C50H50N8O5S2. The fourth-order valence-electron chi connectivity index (χ4n) is 8.37. The number of hydrogen-bond donors (Lipinski definition) is 3. The Labute approximate surface area is 385 Å². The molecule has 0 spiro atoms. The lowest BCUT2D eigenvalue weighted by Crippen LogP contribution is -2.39. The van der Waals surface area contributed by atoms with Crippen molar-refractivity contribution in [2.45, 2.75) is 76.0 Å². The summed E-state index contributed by atoms with van der Waals surface area (Å²) in [4.78, 5) is 41.8. The van der Waals surface area contributed by atoms with Gasteiger partial charge in [-0.1, -0.05) is 121 Å². The molecule has 0 unspecified atom stereocenters. The lowest BCUT2D eigenvalue weighted by Gasteiger charge is -2.27. The molecule has 8 aromatic rings. The Morgan fingerprint density at radius 3 is 1.52 bits per heavy atom. The molecule has 1 amide bonds. The van der Waals surface area contributed by atoms with Crippen molar-refractivity contribution in [1.29, 1.82) is 0 Å². The van der Waals surface area contributed by atoms with Gasteiger partial charge in [-0.3, -0.25) is 4.79 Å². The maximum absolute atomic E-state index is 13.0. The van der Waals surface area contributed by atoms with Gasteiger partial charge in [0.25, 0.3) is 5.91 Å². The van der Waals surface area contributed by atoms with Crippen LogP contribution in [0.25, 0.3) is 45.3 Å². The second-order valence-corrected chi connectivity index (χ2v) is 18.1. The summed E-state index contributed by atoms with van der Waals surface area (Å²) in [5.74, 6) is 0.758. The zero-order chi connectivity index (χ0) is 45.2. The second kappa shape index (κ2) is 20.4. The Balaban J connectivity index is 0.000000147. The molecular weight excluding hydrogens is 857 g/mol. The molecule has 0 saturated heterocycles. The Hall–Kier alpha value is -6.68. The lowest BCUT2D eigenvalue weighted by atomic mass is 9.86. The molecule has 0 aliphatic heterocycles. The van der Waals surface area contributed by atoms with Crippen molar-refractivity contribution < 1.29 is 23.7 Å². The zero-order valence-electron chi connectivity index (χ0n) is 36.3. The van der Waals surface area contributed by atoms with E-state index in [2.05, 4.69) is 72.8 Å². The average molecular weight is 907 g/mol. The number of hydrogen-bond acceptors (Lipinski definition) is 13. The first-order valence-corrected chi connectivity index (χ1v) is 23.5. The zero-order valence-corrected chi connectivity index (χ0v) is 37.9. The first kappa shape index (κ1) is 44.9. The van der Waals surface area contributed by atoms with Crippen LogP contribution in [0.4, 0.5) is 0 Å². The van der Waals surface area contributed by atoms with Crippen molar-refractivity contribution in [1.82, 2.24) is 35.6 Å². The minimum atomic E-state index is -0.975. The van der Waals surface area contributed by atoms with Gasteiger partial charge in [0, 0.05) is 76.3 Å². The molecule has 4 N–H and O–H groups in total. The summed E-state index contributed by atoms with van der Waals surface area (Å²) in [6.07, 6.45) is 9.37. The Morgan fingerprint density at radius 1 is 0.615 bits per heavy atom. The number of aromatic carboxylic acids is 1. The third-order valence-electron chi connectivity index (χ3n) is 12.0. The van der Waals surface area contributed by atoms with E-state index in [1.54, 1.807) is 54.7 Å². The van der Waals surface area contributed by atoms with Gasteiger partial charge in [-0.2, -0.15) is 9.97 Å². The van der Waals surface area contributed by atoms with Crippen molar-refractivity contribution in [3.05, 3.63) is 153 Å². The van der Waals surface area contributed by atoms with Crippen LogP contribution in [0.3, 0.4) is 0 Å². The van der Waals surface area contributed by atoms with Crippen molar-refractivity contribution in [3.8, 4) is 45.3 Å². The van der Waals surface area contributed by atoms with Gasteiger partial charge in [-0.15, -0.1) is 22.7 Å². The normalized spacial score (nSPS) is 14.8. The predicted octanol–water partition coefficient (Wildman–Crippen LogP) is 10.7. The topological polar surface area (TPSA) is 196 Å². The monoisotopic (exact) mass is 906 g/mol. The minimum absolute atomic E-state index is 0.0989. The van der Waals surface area contributed by atoms with Gasteiger partial charge in [0.2, 0.25) is 23.4 Å². The Kier molecular flexibility index (Phi) is 14.1. The number of carboxylic acids is 1. The number of carbonyl (C=O) groups excluding carboxylic acids is 1. The fourth-order valence-corrected chi connectivity index (χ4v) is 10.6. The van der Waals surface area contributed by atoms with E-state index in [9.17, 15) is 9.59 Å². The quantitative estimate of drug-likeness (QED) is 0.111. The largest absolute Gasteiger partial charge is 0.478 e. The second-order valence-electron chi connectivity index (χ2n) is 16.4. The lowest BCUT2D eigenvalue weighted by molar-refractivity contribution is 0.0696. The summed E-state index contributed by atoms with van der Waals surface area (Å²) in [7, 11) is 0. The number of aryl methyl sites for hydroxylation is 2. The molecule has 0 radical (unpaired) electrons. The third-order valence-corrected chi connectivity index (χ3v) is 14.1. The molecule has 4 aromatic heterocycles. The van der Waals surface area contributed by atoms with Gasteiger partial charge in [0.05, 0.1) is 17.0 Å². The molecule has 2 aliphatic carbocycles. The van der Waals surface area contributed by atoms with E-state index in [0.717, 1.165) is 59.8 Å². The van der Waals surface area contributed by atoms with Gasteiger partial charge in [0.15, 0.2) is 0 Å². The number of amides is 1. The number of aromatic nitrogens is 6. The van der Waals surface area contributed by atoms with Crippen molar-refractivity contribution >= 4 is 34.6 Å². The van der Waals surface area contributed by atoms with Gasteiger partial charge in [-0.05, 0) is 49.9 Å². The summed E-state index contributed by atoms with van der Waals surface area (Å²) in [6.45, 7) is 4.74. The van der Waals surface area contributed by atoms with Gasteiger partial charge in [0.1, 0.15) is 10.0 Å². The molecule has 2 saturated carbocycles.